The van der Waals surface area contributed by atoms with E-state index < -0.39 is 5.97 Å². The molecule has 4 nitrogen and oxygen atoms in total. The molecule has 0 saturated carbocycles. The molecular formula is C10H17NO3. The van der Waals surface area contributed by atoms with Gasteiger partial charge in [0.2, 0.25) is 5.91 Å². The van der Waals surface area contributed by atoms with Gasteiger partial charge in [0.25, 0.3) is 0 Å². The molecule has 14 heavy (non-hydrogen) atoms. The van der Waals surface area contributed by atoms with Crippen molar-refractivity contribution in [3.63, 3.8) is 0 Å². The summed E-state index contributed by atoms with van der Waals surface area (Å²) in [5.41, 5.74) is 0.216. The summed E-state index contributed by atoms with van der Waals surface area (Å²) in [6, 6.07) is 0. The third kappa shape index (κ3) is 5.35. The maximum atomic E-state index is 11.2. The predicted molar refractivity (Wildman–Crippen MR) is 53.4 cm³/mol. The number of carbonyl (C=O) groups is 2. The van der Waals surface area contributed by atoms with Gasteiger partial charge in [0.05, 0.1) is 7.11 Å². The Bertz CT molecular complexity index is 244. The van der Waals surface area contributed by atoms with E-state index in [4.69, 9.17) is 0 Å². The smallest absolute Gasteiger partial charge is 0.354 e. The Morgan fingerprint density at radius 1 is 1.43 bits per heavy atom. The lowest BCUT2D eigenvalue weighted by molar-refractivity contribution is -0.137. The number of amides is 1. The van der Waals surface area contributed by atoms with E-state index in [1.54, 1.807) is 6.08 Å². The first-order valence-electron chi connectivity index (χ1n) is 4.53. The van der Waals surface area contributed by atoms with Gasteiger partial charge in [0, 0.05) is 6.92 Å². The Morgan fingerprint density at radius 3 is 2.36 bits per heavy atom. The van der Waals surface area contributed by atoms with Gasteiger partial charge in [-0.3, -0.25) is 4.79 Å². The zero-order valence-corrected chi connectivity index (χ0v) is 9.09. The lowest BCUT2D eigenvalue weighted by atomic mass is 10.1. The van der Waals surface area contributed by atoms with Crippen LogP contribution in [-0.2, 0) is 14.3 Å². The number of rotatable bonds is 4. The molecule has 0 fully saturated rings. The van der Waals surface area contributed by atoms with Gasteiger partial charge >= 0.3 is 5.97 Å². The monoisotopic (exact) mass is 199 g/mol. The minimum atomic E-state index is -0.513. The minimum absolute atomic E-state index is 0.216. The molecule has 4 heteroatoms. The zero-order chi connectivity index (χ0) is 11.1. The van der Waals surface area contributed by atoms with Crippen LogP contribution in [0, 0.1) is 5.92 Å². The minimum Gasteiger partial charge on any atom is -0.464 e. The van der Waals surface area contributed by atoms with Crippen LogP contribution in [0.3, 0.4) is 0 Å². The fraction of sp³-hybridized carbons (Fsp3) is 0.600. The number of methoxy groups -OCH3 is 1. The molecule has 0 aromatic rings. The summed E-state index contributed by atoms with van der Waals surface area (Å²) in [4.78, 5) is 21.9. The van der Waals surface area contributed by atoms with Crippen molar-refractivity contribution >= 4 is 11.9 Å². The van der Waals surface area contributed by atoms with Gasteiger partial charge in [-0.05, 0) is 12.3 Å². The first kappa shape index (κ1) is 12.7. The molecule has 1 N–H and O–H groups in total. The zero-order valence-electron chi connectivity index (χ0n) is 9.09. The quantitative estimate of drug-likeness (QED) is 0.547. The Balaban J connectivity index is 4.45. The summed E-state index contributed by atoms with van der Waals surface area (Å²) in [5.74, 6) is -0.352. The highest BCUT2D eigenvalue weighted by atomic mass is 16.5. The van der Waals surface area contributed by atoms with Gasteiger partial charge in [0.1, 0.15) is 5.70 Å². The van der Waals surface area contributed by atoms with E-state index in [0.717, 1.165) is 6.42 Å². The number of hydrogen-bond donors (Lipinski definition) is 1. The third-order valence-corrected chi connectivity index (χ3v) is 1.51. The standard InChI is InChI=1S/C10H17NO3/c1-7(2)5-6-9(10(13)14-4)11-8(3)12/h6-7H,5H2,1-4H3,(H,11,12)/b9-6-. The van der Waals surface area contributed by atoms with E-state index in [2.05, 4.69) is 10.1 Å². The second-order valence-electron chi connectivity index (χ2n) is 3.42. The fourth-order valence-electron chi connectivity index (χ4n) is 0.839. The second kappa shape index (κ2) is 6.18. The summed E-state index contributed by atoms with van der Waals surface area (Å²) < 4.78 is 4.52. The molecule has 1 amide bonds. The summed E-state index contributed by atoms with van der Waals surface area (Å²) in [6.07, 6.45) is 2.41. The Morgan fingerprint density at radius 2 is 2.00 bits per heavy atom. The highest BCUT2D eigenvalue weighted by Crippen LogP contribution is 2.04. The SMILES string of the molecule is COC(=O)/C(=C/CC(C)C)NC(C)=O. The van der Waals surface area contributed by atoms with Crippen LogP contribution in [0.15, 0.2) is 11.8 Å². The van der Waals surface area contributed by atoms with Crippen molar-refractivity contribution in [3.05, 3.63) is 11.8 Å². The molecule has 0 aromatic carbocycles. The van der Waals surface area contributed by atoms with Crippen molar-refractivity contribution in [1.29, 1.82) is 0 Å². The number of nitrogens with one attached hydrogen (secondary N) is 1. The molecule has 0 aromatic heterocycles. The van der Waals surface area contributed by atoms with E-state index in [1.807, 2.05) is 13.8 Å². The average molecular weight is 199 g/mol. The number of ether oxygens (including phenoxy) is 1. The van der Waals surface area contributed by atoms with Gasteiger partial charge in [-0.25, -0.2) is 4.79 Å². The van der Waals surface area contributed by atoms with Crippen LogP contribution >= 0.6 is 0 Å². The van der Waals surface area contributed by atoms with E-state index in [-0.39, 0.29) is 11.6 Å². The fourth-order valence-corrected chi connectivity index (χ4v) is 0.839. The van der Waals surface area contributed by atoms with Crippen molar-refractivity contribution in [2.75, 3.05) is 7.11 Å². The van der Waals surface area contributed by atoms with Gasteiger partial charge in [-0.2, -0.15) is 0 Å². The highest BCUT2D eigenvalue weighted by Gasteiger charge is 2.10. The topological polar surface area (TPSA) is 55.4 Å². The molecule has 0 spiro atoms. The average Bonchev–Trinajstić information content (AvgIpc) is 2.10. The Kier molecular flexibility index (Phi) is 5.60. The Hall–Kier alpha value is -1.32. The van der Waals surface area contributed by atoms with Crippen molar-refractivity contribution in [2.24, 2.45) is 5.92 Å². The van der Waals surface area contributed by atoms with Gasteiger partial charge in [-0.1, -0.05) is 19.9 Å². The van der Waals surface area contributed by atoms with Gasteiger partial charge < -0.3 is 10.1 Å². The summed E-state index contributed by atoms with van der Waals surface area (Å²) in [7, 11) is 1.29. The largest absolute Gasteiger partial charge is 0.464 e. The van der Waals surface area contributed by atoms with Gasteiger partial charge in [-0.15, -0.1) is 0 Å². The predicted octanol–water partition coefficient (Wildman–Crippen LogP) is 1.23. The Labute approximate surface area is 84.3 Å². The first-order chi connectivity index (χ1) is 6.47. The molecule has 0 aliphatic heterocycles. The molecule has 0 saturated heterocycles. The van der Waals surface area contributed by atoms with E-state index in [0.29, 0.717) is 5.92 Å². The maximum absolute atomic E-state index is 11.2. The molecule has 0 aliphatic rings. The number of hydrogen-bond acceptors (Lipinski definition) is 3. The van der Waals surface area contributed by atoms with E-state index in [9.17, 15) is 9.59 Å². The van der Waals surface area contributed by atoms with Crippen LogP contribution in [0.25, 0.3) is 0 Å². The van der Waals surface area contributed by atoms with Crippen molar-refractivity contribution in [2.45, 2.75) is 27.2 Å². The van der Waals surface area contributed by atoms with Crippen LogP contribution in [0.1, 0.15) is 27.2 Å². The molecule has 0 radical (unpaired) electrons. The molecule has 80 valence electrons. The summed E-state index contributed by atoms with van der Waals surface area (Å²) >= 11 is 0. The van der Waals surface area contributed by atoms with Crippen molar-refractivity contribution < 1.29 is 14.3 Å². The summed E-state index contributed by atoms with van der Waals surface area (Å²) in [5, 5.41) is 2.43. The third-order valence-electron chi connectivity index (χ3n) is 1.51. The van der Waals surface area contributed by atoms with Gasteiger partial charge in [0.15, 0.2) is 0 Å². The molecule has 0 bridgehead atoms. The van der Waals surface area contributed by atoms with Crippen LogP contribution < -0.4 is 5.32 Å². The molecule has 0 heterocycles. The van der Waals surface area contributed by atoms with Crippen LogP contribution in [0.5, 0.6) is 0 Å². The normalized spacial score (nSPS) is 11.4. The van der Waals surface area contributed by atoms with Crippen LogP contribution in [0.2, 0.25) is 0 Å². The second-order valence-corrected chi connectivity index (χ2v) is 3.42. The number of allylic oxidation sites excluding steroid dienone is 1. The lowest BCUT2D eigenvalue weighted by Gasteiger charge is -2.06. The molecule has 0 atom stereocenters. The number of esters is 1. The molecule has 0 rings (SSSR count). The van der Waals surface area contributed by atoms with Crippen LogP contribution in [0.4, 0.5) is 0 Å². The number of carbonyl (C=O) groups excluding carboxylic acids is 2. The molecule has 0 unspecified atom stereocenters. The maximum Gasteiger partial charge on any atom is 0.354 e. The first-order valence-corrected chi connectivity index (χ1v) is 4.53. The highest BCUT2D eigenvalue weighted by molar-refractivity contribution is 5.93. The van der Waals surface area contributed by atoms with Crippen molar-refractivity contribution in [3.8, 4) is 0 Å². The molecule has 0 aliphatic carbocycles. The molecular weight excluding hydrogens is 182 g/mol. The summed E-state index contributed by atoms with van der Waals surface area (Å²) in [6.45, 7) is 5.41. The van der Waals surface area contributed by atoms with Crippen molar-refractivity contribution in [1.82, 2.24) is 5.32 Å². The lowest BCUT2D eigenvalue weighted by Crippen LogP contribution is -2.25. The van der Waals surface area contributed by atoms with E-state index in [1.165, 1.54) is 14.0 Å². The van der Waals surface area contributed by atoms with Crippen LogP contribution in [-0.4, -0.2) is 19.0 Å². The van der Waals surface area contributed by atoms with E-state index >= 15 is 0 Å².